The van der Waals surface area contributed by atoms with E-state index in [2.05, 4.69) is 10.3 Å². The minimum Gasteiger partial charge on any atom is -0.456 e. The van der Waals surface area contributed by atoms with Crippen LogP contribution >= 0.6 is 0 Å². The van der Waals surface area contributed by atoms with Crippen LogP contribution in [0.15, 0.2) is 48.7 Å². The highest BCUT2D eigenvalue weighted by Gasteiger charge is 2.03. The lowest BCUT2D eigenvalue weighted by Gasteiger charge is -2.07. The number of nitrogens with zero attached hydrogens (tertiary/aromatic N) is 1. The summed E-state index contributed by atoms with van der Waals surface area (Å²) in [5.41, 5.74) is 0.746. The molecule has 1 amide bonds. The second-order valence-electron chi connectivity index (χ2n) is 4.72. The van der Waals surface area contributed by atoms with Crippen molar-refractivity contribution in [1.29, 1.82) is 0 Å². The molecule has 1 heterocycles. The molecule has 1 aromatic carbocycles. The lowest BCUT2D eigenvalue weighted by atomic mass is 10.3. The molecule has 0 radical (unpaired) electrons. The zero-order chi connectivity index (χ0) is 16.3. The molecule has 1 N–H and O–H groups in total. The molecule has 2 rings (SSSR count). The summed E-state index contributed by atoms with van der Waals surface area (Å²) in [6, 6.07) is 13.1. The molecule has 0 unspecified atom stereocenters. The highest BCUT2D eigenvalue weighted by molar-refractivity contribution is 5.77. The largest absolute Gasteiger partial charge is 0.456 e. The Balaban J connectivity index is 1.73. The molecule has 0 bridgehead atoms. The smallest absolute Gasteiger partial charge is 0.246 e. The van der Waals surface area contributed by atoms with E-state index >= 15 is 0 Å². The van der Waals surface area contributed by atoms with Gasteiger partial charge >= 0.3 is 0 Å². The molecule has 1 aromatic heterocycles. The molecule has 6 nitrogen and oxygen atoms in total. The van der Waals surface area contributed by atoms with Crippen LogP contribution < -0.4 is 10.1 Å². The maximum atomic E-state index is 11.6. The van der Waals surface area contributed by atoms with Gasteiger partial charge in [0.05, 0.1) is 31.6 Å². The first-order valence-corrected chi connectivity index (χ1v) is 7.29. The Kier molecular flexibility index (Phi) is 7.03. The van der Waals surface area contributed by atoms with E-state index < -0.39 is 0 Å². The van der Waals surface area contributed by atoms with Gasteiger partial charge in [-0.3, -0.25) is 9.78 Å². The number of carbonyl (C=O) groups is 1. The summed E-state index contributed by atoms with van der Waals surface area (Å²) in [6.07, 6.45) is 1.63. The molecule has 0 fully saturated rings. The maximum absolute atomic E-state index is 11.6. The predicted octanol–water partition coefficient (Wildman–Crippen LogP) is 2.15. The van der Waals surface area contributed by atoms with Gasteiger partial charge in [0.15, 0.2) is 0 Å². The fraction of sp³-hybridized carbons (Fsp3) is 0.294. The molecule has 0 aliphatic carbocycles. The van der Waals surface area contributed by atoms with E-state index in [1.165, 1.54) is 0 Å². The van der Waals surface area contributed by atoms with E-state index in [4.69, 9.17) is 14.2 Å². The third kappa shape index (κ3) is 6.46. The average molecular weight is 316 g/mol. The molecular weight excluding hydrogens is 296 g/mol. The number of nitrogens with one attached hydrogen (secondary N) is 1. The van der Waals surface area contributed by atoms with Gasteiger partial charge in [0.1, 0.15) is 18.1 Å². The van der Waals surface area contributed by atoms with Crippen LogP contribution in [0.4, 0.5) is 0 Å². The molecule has 0 atom stereocenters. The van der Waals surface area contributed by atoms with Crippen molar-refractivity contribution in [3.05, 3.63) is 54.4 Å². The van der Waals surface area contributed by atoms with Gasteiger partial charge in [0.2, 0.25) is 5.91 Å². The fourth-order valence-electron chi connectivity index (χ4n) is 1.75. The summed E-state index contributed by atoms with van der Waals surface area (Å²) >= 11 is 0. The minimum atomic E-state index is -0.187. The van der Waals surface area contributed by atoms with Crippen LogP contribution in [0.3, 0.4) is 0 Å². The van der Waals surface area contributed by atoms with Crippen molar-refractivity contribution in [1.82, 2.24) is 10.3 Å². The zero-order valence-electron chi connectivity index (χ0n) is 13.0. The number of benzene rings is 1. The Bertz CT molecular complexity index is 587. The van der Waals surface area contributed by atoms with Crippen LogP contribution in [-0.2, 0) is 20.8 Å². The van der Waals surface area contributed by atoms with E-state index in [0.29, 0.717) is 25.5 Å². The van der Waals surface area contributed by atoms with E-state index in [1.807, 2.05) is 42.5 Å². The molecule has 23 heavy (non-hydrogen) atoms. The number of ether oxygens (including phenoxy) is 3. The zero-order valence-corrected chi connectivity index (χ0v) is 13.0. The van der Waals surface area contributed by atoms with Gasteiger partial charge in [0.25, 0.3) is 0 Å². The average Bonchev–Trinajstić information content (AvgIpc) is 2.59. The lowest BCUT2D eigenvalue weighted by molar-refractivity contribution is -0.126. The number of aromatic nitrogens is 1. The molecule has 0 saturated heterocycles. The fourth-order valence-corrected chi connectivity index (χ4v) is 1.75. The van der Waals surface area contributed by atoms with Crippen molar-refractivity contribution in [3.8, 4) is 11.5 Å². The maximum Gasteiger partial charge on any atom is 0.246 e. The Morgan fingerprint density at radius 3 is 2.61 bits per heavy atom. The second kappa shape index (κ2) is 9.55. The minimum absolute atomic E-state index is 0.0125. The number of pyridine rings is 1. The molecule has 0 aliphatic heterocycles. The van der Waals surface area contributed by atoms with Crippen LogP contribution in [0.25, 0.3) is 0 Å². The number of carbonyl (C=O) groups excluding carboxylic acids is 1. The van der Waals surface area contributed by atoms with E-state index in [1.54, 1.807) is 13.3 Å². The molecular formula is C17H20N2O4. The van der Waals surface area contributed by atoms with Gasteiger partial charge in [-0.05, 0) is 24.3 Å². The highest BCUT2D eigenvalue weighted by Crippen LogP contribution is 2.19. The molecule has 0 spiro atoms. The van der Waals surface area contributed by atoms with E-state index in [-0.39, 0.29) is 12.5 Å². The summed E-state index contributed by atoms with van der Waals surface area (Å²) in [5.74, 6) is 1.21. The van der Waals surface area contributed by atoms with Crippen molar-refractivity contribution in [2.24, 2.45) is 0 Å². The third-order valence-corrected chi connectivity index (χ3v) is 2.91. The molecule has 2 aromatic rings. The van der Waals surface area contributed by atoms with Crippen LogP contribution in [0.1, 0.15) is 5.69 Å². The Labute approximate surface area is 135 Å². The van der Waals surface area contributed by atoms with E-state index in [9.17, 15) is 4.79 Å². The Hall–Kier alpha value is -2.44. The third-order valence-electron chi connectivity index (χ3n) is 2.91. The molecule has 122 valence electrons. The lowest BCUT2D eigenvalue weighted by Crippen LogP contribution is -2.28. The molecule has 0 saturated carbocycles. The quantitative estimate of drug-likeness (QED) is 0.718. The van der Waals surface area contributed by atoms with Gasteiger partial charge in [0, 0.05) is 7.11 Å². The Morgan fingerprint density at radius 1 is 1.09 bits per heavy atom. The summed E-state index contributed by atoms with van der Waals surface area (Å²) in [4.78, 5) is 15.8. The first-order valence-electron chi connectivity index (χ1n) is 7.29. The number of hydrogen-bond donors (Lipinski definition) is 1. The van der Waals surface area contributed by atoms with E-state index in [0.717, 1.165) is 11.4 Å². The van der Waals surface area contributed by atoms with Crippen LogP contribution in [0, 0.1) is 0 Å². The summed E-state index contributed by atoms with van der Waals surface area (Å²) in [5, 5.41) is 2.74. The normalized spacial score (nSPS) is 10.3. The topological polar surface area (TPSA) is 69.7 Å². The van der Waals surface area contributed by atoms with Gasteiger partial charge in [-0.2, -0.15) is 0 Å². The van der Waals surface area contributed by atoms with Gasteiger partial charge < -0.3 is 19.5 Å². The first-order chi connectivity index (χ1) is 11.3. The standard InChI is InChI=1S/C17H20N2O4/c1-21-9-10-22-13-17(20)19-11-14-7-8-16(12-18-14)23-15-5-3-2-4-6-15/h2-8,12H,9-11,13H2,1H3,(H,19,20). The molecule has 6 heteroatoms. The number of methoxy groups -OCH3 is 1. The van der Waals surface area contributed by atoms with Crippen molar-refractivity contribution in [2.75, 3.05) is 26.9 Å². The van der Waals surface area contributed by atoms with Crippen LogP contribution in [0.5, 0.6) is 11.5 Å². The molecule has 0 aliphatic rings. The number of hydrogen-bond acceptors (Lipinski definition) is 5. The Morgan fingerprint density at radius 2 is 1.91 bits per heavy atom. The van der Waals surface area contributed by atoms with Crippen LogP contribution in [0.2, 0.25) is 0 Å². The number of para-hydroxylation sites is 1. The SMILES string of the molecule is COCCOCC(=O)NCc1ccc(Oc2ccccc2)cn1. The van der Waals surface area contributed by atoms with Crippen molar-refractivity contribution < 1.29 is 19.0 Å². The second-order valence-corrected chi connectivity index (χ2v) is 4.72. The van der Waals surface area contributed by atoms with Crippen molar-refractivity contribution >= 4 is 5.91 Å². The summed E-state index contributed by atoms with van der Waals surface area (Å²) < 4.78 is 15.6. The van der Waals surface area contributed by atoms with Crippen LogP contribution in [-0.4, -0.2) is 37.8 Å². The highest BCUT2D eigenvalue weighted by atomic mass is 16.5. The van der Waals surface area contributed by atoms with Crippen molar-refractivity contribution in [2.45, 2.75) is 6.54 Å². The van der Waals surface area contributed by atoms with Gasteiger partial charge in [-0.1, -0.05) is 18.2 Å². The number of rotatable bonds is 9. The van der Waals surface area contributed by atoms with Gasteiger partial charge in [-0.25, -0.2) is 0 Å². The summed E-state index contributed by atoms with van der Waals surface area (Å²) in [7, 11) is 1.58. The first kappa shape index (κ1) is 16.9. The summed E-state index contributed by atoms with van der Waals surface area (Å²) in [6.45, 7) is 1.22. The predicted molar refractivity (Wildman–Crippen MR) is 85.3 cm³/mol. The van der Waals surface area contributed by atoms with Crippen molar-refractivity contribution in [3.63, 3.8) is 0 Å². The number of amides is 1. The monoisotopic (exact) mass is 316 g/mol. The van der Waals surface area contributed by atoms with Gasteiger partial charge in [-0.15, -0.1) is 0 Å².